The number of hydrogen-bond acceptors (Lipinski definition) is 8. The minimum absolute atomic E-state index is 0.0526. The molecule has 10 heteroatoms. The van der Waals surface area contributed by atoms with Crippen LogP contribution < -0.4 is 9.47 Å². The zero-order valence-corrected chi connectivity index (χ0v) is 20.9. The lowest BCUT2D eigenvalue weighted by Gasteiger charge is -2.48. The lowest BCUT2D eigenvalue weighted by molar-refractivity contribution is -0.104. The van der Waals surface area contributed by atoms with Gasteiger partial charge in [-0.2, -0.15) is 0 Å². The summed E-state index contributed by atoms with van der Waals surface area (Å²) in [6.07, 6.45) is 3.87. The first kappa shape index (κ1) is 24.6. The number of rotatable bonds is 7. The third kappa shape index (κ3) is 5.35. The van der Waals surface area contributed by atoms with E-state index >= 15 is 0 Å². The van der Waals surface area contributed by atoms with Gasteiger partial charge >= 0.3 is 0 Å². The summed E-state index contributed by atoms with van der Waals surface area (Å²) in [4.78, 5) is 10.8. The molecule has 0 aliphatic carbocycles. The fourth-order valence-corrected chi connectivity index (χ4v) is 5.42. The average molecular weight is 514 g/mol. The summed E-state index contributed by atoms with van der Waals surface area (Å²) < 4.78 is 55.7. The lowest BCUT2D eigenvalue weighted by atomic mass is 9.91. The fourth-order valence-electron chi connectivity index (χ4n) is 4.79. The Balaban J connectivity index is 1.29. The Labute approximate surface area is 210 Å². The first-order chi connectivity index (χ1) is 17.3. The molecule has 2 saturated heterocycles. The molecule has 2 bridgehead atoms. The number of nitrogens with zero attached hydrogens (tertiary/aromatic N) is 3. The van der Waals surface area contributed by atoms with Crippen LogP contribution >= 0.6 is 0 Å². The molecule has 5 rings (SSSR count). The second kappa shape index (κ2) is 10.1. The van der Waals surface area contributed by atoms with E-state index in [1.54, 1.807) is 6.92 Å². The van der Waals surface area contributed by atoms with Crippen molar-refractivity contribution in [3.05, 3.63) is 71.8 Å². The van der Waals surface area contributed by atoms with Gasteiger partial charge in [0.25, 0.3) is 0 Å². The summed E-state index contributed by atoms with van der Waals surface area (Å²) in [7, 11) is -3.53. The molecule has 3 heterocycles. The molecule has 3 aromatic rings. The van der Waals surface area contributed by atoms with Gasteiger partial charge in [-0.05, 0) is 30.7 Å². The lowest BCUT2D eigenvalue weighted by Crippen LogP contribution is -2.58. The summed E-state index contributed by atoms with van der Waals surface area (Å²) in [5.41, 5.74) is 1.82. The molecular weight excluding hydrogens is 485 g/mol. The largest absolute Gasteiger partial charge is 0.474 e. The Morgan fingerprint density at radius 1 is 1.06 bits per heavy atom. The zero-order valence-electron chi connectivity index (χ0n) is 20.1. The van der Waals surface area contributed by atoms with Crippen molar-refractivity contribution in [3.63, 3.8) is 0 Å². The van der Waals surface area contributed by atoms with Gasteiger partial charge in [0.2, 0.25) is 11.8 Å². The second-order valence-electron chi connectivity index (χ2n) is 9.29. The van der Waals surface area contributed by atoms with Crippen molar-refractivity contribution in [2.45, 2.75) is 49.4 Å². The van der Waals surface area contributed by atoms with Crippen molar-refractivity contribution in [3.8, 4) is 17.5 Å². The number of ether oxygens (including phenoxy) is 3. The first-order valence-corrected chi connectivity index (χ1v) is 13.7. The molecule has 8 nitrogen and oxygen atoms in total. The van der Waals surface area contributed by atoms with Gasteiger partial charge in [0.1, 0.15) is 12.4 Å². The van der Waals surface area contributed by atoms with Crippen LogP contribution in [0, 0.1) is 12.7 Å². The number of halogens is 1. The van der Waals surface area contributed by atoms with Crippen molar-refractivity contribution in [2.75, 3.05) is 19.5 Å². The Hall–Kier alpha value is -3.08. The highest BCUT2D eigenvalue weighted by Gasteiger charge is 2.40. The maximum Gasteiger partial charge on any atom is 0.229 e. The Morgan fingerprint density at radius 2 is 1.75 bits per heavy atom. The maximum absolute atomic E-state index is 14.5. The normalized spacial score (nSPS) is 22.2. The smallest absolute Gasteiger partial charge is 0.229 e. The molecule has 1 aromatic heterocycles. The van der Waals surface area contributed by atoms with Crippen molar-refractivity contribution in [1.29, 1.82) is 0 Å². The predicted molar refractivity (Wildman–Crippen MR) is 130 cm³/mol. The van der Waals surface area contributed by atoms with E-state index in [-0.39, 0.29) is 34.7 Å². The van der Waals surface area contributed by atoms with Crippen molar-refractivity contribution in [2.24, 2.45) is 0 Å². The number of hydrogen-bond donors (Lipinski definition) is 0. The van der Waals surface area contributed by atoms with Gasteiger partial charge in [0.05, 0.1) is 23.7 Å². The van der Waals surface area contributed by atoms with Crippen LogP contribution in [0.5, 0.6) is 17.5 Å². The van der Waals surface area contributed by atoms with Crippen molar-refractivity contribution >= 4 is 9.84 Å². The highest BCUT2D eigenvalue weighted by Crippen LogP contribution is 2.34. The van der Waals surface area contributed by atoms with Gasteiger partial charge in [-0.1, -0.05) is 30.3 Å². The standard InChI is InChI=1S/C26H28FN3O5S/c1-17-25(28-16-29-26(17)35-24-9-8-22(12-23(24)27)36(2,31)32)34-21-10-19-14-33-15-20(11-21)30(19)13-18-6-4-3-5-7-18/h3-9,12,16,19-21H,10-11,13-15H2,1-2H3/t19-,20?,21+/m1/s1. The van der Waals surface area contributed by atoms with Gasteiger partial charge in [0.15, 0.2) is 21.4 Å². The SMILES string of the molecule is Cc1c(Oc2ccc(S(C)(=O)=O)cc2F)ncnc1O[C@@H]1CC2COC[C@@H](C1)N2Cc1ccccc1. The molecule has 0 saturated carbocycles. The summed E-state index contributed by atoms with van der Waals surface area (Å²) in [6, 6.07) is 14.4. The zero-order chi connectivity index (χ0) is 25.3. The third-order valence-corrected chi connectivity index (χ3v) is 7.75. The number of morpholine rings is 1. The van der Waals surface area contributed by atoms with Crippen LogP contribution in [0.1, 0.15) is 24.0 Å². The van der Waals surface area contributed by atoms with E-state index in [0.29, 0.717) is 24.7 Å². The van der Waals surface area contributed by atoms with E-state index in [4.69, 9.17) is 14.2 Å². The average Bonchev–Trinajstić information content (AvgIpc) is 2.83. The van der Waals surface area contributed by atoms with E-state index in [1.165, 1.54) is 24.0 Å². The summed E-state index contributed by atoms with van der Waals surface area (Å²) >= 11 is 0. The van der Waals surface area contributed by atoms with Crippen LogP contribution in [0.25, 0.3) is 0 Å². The van der Waals surface area contributed by atoms with Gasteiger partial charge in [0, 0.05) is 37.7 Å². The van der Waals surface area contributed by atoms with Crippen molar-refractivity contribution in [1.82, 2.24) is 14.9 Å². The van der Waals surface area contributed by atoms with Gasteiger partial charge in [-0.3, -0.25) is 4.90 Å². The fraction of sp³-hybridized carbons (Fsp3) is 0.385. The molecule has 2 aliphatic heterocycles. The van der Waals surface area contributed by atoms with E-state index in [2.05, 4.69) is 39.1 Å². The molecule has 0 radical (unpaired) electrons. The number of piperidine rings is 1. The Morgan fingerprint density at radius 3 is 2.42 bits per heavy atom. The van der Waals surface area contributed by atoms with Gasteiger partial charge in [-0.25, -0.2) is 22.8 Å². The van der Waals surface area contributed by atoms with Crippen LogP contribution in [0.2, 0.25) is 0 Å². The van der Waals surface area contributed by atoms with E-state index in [9.17, 15) is 12.8 Å². The summed E-state index contributed by atoms with van der Waals surface area (Å²) in [5.74, 6) is -0.391. The number of sulfone groups is 1. The number of aromatic nitrogens is 2. The number of benzene rings is 2. The molecule has 2 fully saturated rings. The van der Waals surface area contributed by atoms with Crippen LogP contribution in [-0.4, -0.2) is 60.9 Å². The van der Waals surface area contributed by atoms with E-state index in [0.717, 1.165) is 31.7 Å². The molecule has 190 valence electrons. The van der Waals surface area contributed by atoms with Crippen LogP contribution in [-0.2, 0) is 21.1 Å². The third-order valence-electron chi connectivity index (χ3n) is 6.64. The molecule has 2 aliphatic rings. The molecular formula is C26H28FN3O5S. The van der Waals surface area contributed by atoms with Crippen LogP contribution in [0.4, 0.5) is 4.39 Å². The molecule has 0 N–H and O–H groups in total. The van der Waals surface area contributed by atoms with E-state index in [1.807, 2.05) is 6.07 Å². The molecule has 0 spiro atoms. The predicted octanol–water partition coefficient (Wildman–Crippen LogP) is 3.93. The molecule has 2 aromatic carbocycles. The molecule has 0 amide bonds. The minimum Gasteiger partial charge on any atom is -0.474 e. The molecule has 1 unspecified atom stereocenters. The van der Waals surface area contributed by atoms with Crippen LogP contribution in [0.15, 0.2) is 59.8 Å². The first-order valence-electron chi connectivity index (χ1n) is 11.8. The van der Waals surface area contributed by atoms with Gasteiger partial charge < -0.3 is 14.2 Å². The van der Waals surface area contributed by atoms with Gasteiger partial charge in [-0.15, -0.1) is 0 Å². The van der Waals surface area contributed by atoms with Crippen LogP contribution in [0.3, 0.4) is 0 Å². The van der Waals surface area contributed by atoms with Crippen molar-refractivity contribution < 1.29 is 27.0 Å². The minimum atomic E-state index is -3.53. The maximum atomic E-state index is 14.5. The molecule has 36 heavy (non-hydrogen) atoms. The quantitative estimate of drug-likeness (QED) is 0.470. The second-order valence-corrected chi connectivity index (χ2v) is 11.3. The Bertz CT molecular complexity index is 1320. The topological polar surface area (TPSA) is 90.9 Å². The summed E-state index contributed by atoms with van der Waals surface area (Å²) in [6.45, 7) is 3.94. The molecule has 3 atom stereocenters. The van der Waals surface area contributed by atoms with E-state index < -0.39 is 15.7 Å². The Kier molecular flexibility index (Phi) is 6.92. The summed E-state index contributed by atoms with van der Waals surface area (Å²) in [5, 5.41) is 0. The highest BCUT2D eigenvalue weighted by molar-refractivity contribution is 7.90. The number of fused-ring (bicyclic) bond motifs is 2. The highest BCUT2D eigenvalue weighted by atomic mass is 32.2. The monoisotopic (exact) mass is 513 g/mol.